The SMILES string of the molecule is CC(C)(CNCc1ccc(C(=O)O)cc1)N1CCCCC1. The Morgan fingerprint density at radius 3 is 2.38 bits per heavy atom. The zero-order chi connectivity index (χ0) is 15.3. The molecule has 21 heavy (non-hydrogen) atoms. The van der Waals surface area contributed by atoms with Crippen molar-refractivity contribution in [1.82, 2.24) is 10.2 Å². The number of carbonyl (C=O) groups is 1. The minimum atomic E-state index is -0.874. The quantitative estimate of drug-likeness (QED) is 0.846. The molecule has 0 aliphatic carbocycles. The first kappa shape index (κ1) is 16.0. The van der Waals surface area contributed by atoms with E-state index in [-0.39, 0.29) is 5.54 Å². The fourth-order valence-electron chi connectivity index (χ4n) is 2.89. The highest BCUT2D eigenvalue weighted by molar-refractivity contribution is 5.87. The average molecular weight is 290 g/mol. The number of piperidine rings is 1. The van der Waals surface area contributed by atoms with E-state index in [2.05, 4.69) is 24.1 Å². The van der Waals surface area contributed by atoms with Crippen LogP contribution in [0.3, 0.4) is 0 Å². The lowest BCUT2D eigenvalue weighted by Gasteiger charge is -2.41. The molecule has 0 spiro atoms. The van der Waals surface area contributed by atoms with Crippen molar-refractivity contribution in [2.75, 3.05) is 19.6 Å². The van der Waals surface area contributed by atoms with Crippen molar-refractivity contribution in [2.45, 2.75) is 45.2 Å². The second-order valence-electron chi connectivity index (χ2n) is 6.47. The Morgan fingerprint density at radius 2 is 1.81 bits per heavy atom. The third kappa shape index (κ3) is 4.55. The Bertz CT molecular complexity index is 462. The molecule has 0 bridgehead atoms. The molecule has 1 heterocycles. The fourth-order valence-corrected chi connectivity index (χ4v) is 2.89. The Balaban J connectivity index is 1.81. The number of benzene rings is 1. The van der Waals surface area contributed by atoms with Crippen LogP contribution in [0.2, 0.25) is 0 Å². The van der Waals surface area contributed by atoms with Gasteiger partial charge in [0, 0.05) is 18.6 Å². The van der Waals surface area contributed by atoms with Gasteiger partial charge in [0.05, 0.1) is 5.56 Å². The van der Waals surface area contributed by atoms with Gasteiger partial charge in [-0.25, -0.2) is 4.79 Å². The summed E-state index contributed by atoms with van der Waals surface area (Å²) in [7, 11) is 0. The van der Waals surface area contributed by atoms with Gasteiger partial charge in [-0.05, 0) is 57.5 Å². The molecule has 1 aliphatic heterocycles. The number of carboxylic acids is 1. The molecule has 1 aliphatic rings. The van der Waals surface area contributed by atoms with Crippen LogP contribution in [0.15, 0.2) is 24.3 Å². The van der Waals surface area contributed by atoms with Gasteiger partial charge in [-0.2, -0.15) is 0 Å². The summed E-state index contributed by atoms with van der Waals surface area (Å²) in [4.78, 5) is 13.4. The highest BCUT2D eigenvalue weighted by atomic mass is 16.4. The first-order valence-corrected chi connectivity index (χ1v) is 7.77. The van der Waals surface area contributed by atoms with Crippen molar-refractivity contribution in [1.29, 1.82) is 0 Å². The normalized spacial score (nSPS) is 16.9. The number of hydrogen-bond donors (Lipinski definition) is 2. The predicted octanol–water partition coefficient (Wildman–Crippen LogP) is 2.74. The van der Waals surface area contributed by atoms with Gasteiger partial charge >= 0.3 is 5.97 Å². The van der Waals surface area contributed by atoms with Crippen molar-refractivity contribution in [3.63, 3.8) is 0 Å². The van der Waals surface area contributed by atoms with E-state index >= 15 is 0 Å². The van der Waals surface area contributed by atoms with Gasteiger partial charge in [-0.3, -0.25) is 4.90 Å². The minimum absolute atomic E-state index is 0.168. The van der Waals surface area contributed by atoms with E-state index in [9.17, 15) is 4.79 Å². The maximum atomic E-state index is 10.8. The summed E-state index contributed by atoms with van der Waals surface area (Å²) in [6, 6.07) is 7.08. The van der Waals surface area contributed by atoms with E-state index in [4.69, 9.17) is 5.11 Å². The molecule has 1 aromatic rings. The molecular formula is C17H26N2O2. The van der Waals surface area contributed by atoms with Crippen LogP contribution < -0.4 is 5.32 Å². The van der Waals surface area contributed by atoms with Crippen molar-refractivity contribution in [2.24, 2.45) is 0 Å². The molecule has 2 N–H and O–H groups in total. The number of aromatic carboxylic acids is 1. The molecule has 4 nitrogen and oxygen atoms in total. The number of nitrogens with zero attached hydrogens (tertiary/aromatic N) is 1. The van der Waals surface area contributed by atoms with E-state index in [1.807, 2.05) is 12.1 Å². The van der Waals surface area contributed by atoms with Crippen LogP contribution in [0.1, 0.15) is 49.0 Å². The van der Waals surface area contributed by atoms with Gasteiger partial charge in [0.15, 0.2) is 0 Å². The standard InChI is InChI=1S/C17H26N2O2/c1-17(2,19-10-4-3-5-11-19)13-18-12-14-6-8-15(9-7-14)16(20)21/h6-9,18H,3-5,10-13H2,1-2H3,(H,20,21). The van der Waals surface area contributed by atoms with Crippen molar-refractivity contribution in [3.8, 4) is 0 Å². The molecular weight excluding hydrogens is 264 g/mol. The Labute approximate surface area is 127 Å². The molecule has 116 valence electrons. The molecule has 1 fully saturated rings. The third-order valence-corrected chi connectivity index (χ3v) is 4.30. The molecule has 1 saturated heterocycles. The van der Waals surface area contributed by atoms with E-state index in [0.29, 0.717) is 5.56 Å². The average Bonchev–Trinajstić information content (AvgIpc) is 2.48. The molecule has 0 aromatic heterocycles. The second kappa shape index (κ2) is 7.05. The van der Waals surface area contributed by atoms with Gasteiger partial charge in [-0.15, -0.1) is 0 Å². The zero-order valence-electron chi connectivity index (χ0n) is 13.1. The summed E-state index contributed by atoms with van der Waals surface area (Å²) < 4.78 is 0. The molecule has 0 unspecified atom stereocenters. The Morgan fingerprint density at radius 1 is 1.19 bits per heavy atom. The first-order valence-electron chi connectivity index (χ1n) is 7.77. The Kier molecular flexibility index (Phi) is 5.37. The van der Waals surface area contributed by atoms with Gasteiger partial charge in [-0.1, -0.05) is 18.6 Å². The molecule has 0 atom stereocenters. The number of carboxylic acid groups (broad SMARTS) is 1. The van der Waals surface area contributed by atoms with Crippen molar-refractivity contribution in [3.05, 3.63) is 35.4 Å². The van der Waals surface area contributed by atoms with Crippen LogP contribution >= 0.6 is 0 Å². The number of nitrogens with one attached hydrogen (secondary N) is 1. The van der Waals surface area contributed by atoms with Gasteiger partial charge < -0.3 is 10.4 Å². The summed E-state index contributed by atoms with van der Waals surface area (Å²) in [5, 5.41) is 12.4. The second-order valence-corrected chi connectivity index (χ2v) is 6.47. The first-order chi connectivity index (χ1) is 9.99. The fraction of sp³-hybridized carbons (Fsp3) is 0.588. The summed E-state index contributed by atoms with van der Waals surface area (Å²) >= 11 is 0. The van der Waals surface area contributed by atoms with Crippen LogP contribution in [-0.2, 0) is 6.54 Å². The van der Waals surface area contributed by atoms with E-state index in [1.165, 1.54) is 32.4 Å². The Hall–Kier alpha value is -1.39. The summed E-state index contributed by atoms with van der Waals surface area (Å²) in [6.45, 7) is 8.69. The van der Waals surface area contributed by atoms with E-state index in [1.54, 1.807) is 12.1 Å². The summed E-state index contributed by atoms with van der Waals surface area (Å²) in [6.07, 6.45) is 3.97. The third-order valence-electron chi connectivity index (χ3n) is 4.30. The smallest absolute Gasteiger partial charge is 0.335 e. The summed E-state index contributed by atoms with van der Waals surface area (Å²) in [5.41, 5.74) is 1.63. The van der Waals surface area contributed by atoms with Gasteiger partial charge in [0.1, 0.15) is 0 Å². The van der Waals surface area contributed by atoms with Crippen molar-refractivity contribution >= 4 is 5.97 Å². The lowest BCUT2D eigenvalue weighted by Crippen LogP contribution is -2.52. The number of rotatable bonds is 6. The summed E-state index contributed by atoms with van der Waals surface area (Å²) in [5.74, 6) is -0.874. The topological polar surface area (TPSA) is 52.6 Å². The maximum absolute atomic E-state index is 10.8. The molecule has 1 aromatic carbocycles. The minimum Gasteiger partial charge on any atom is -0.478 e. The van der Waals surface area contributed by atoms with Gasteiger partial charge in [0.2, 0.25) is 0 Å². The largest absolute Gasteiger partial charge is 0.478 e. The number of hydrogen-bond acceptors (Lipinski definition) is 3. The molecule has 0 radical (unpaired) electrons. The van der Waals surface area contributed by atoms with Crippen LogP contribution in [0.5, 0.6) is 0 Å². The highest BCUT2D eigenvalue weighted by Gasteiger charge is 2.27. The highest BCUT2D eigenvalue weighted by Crippen LogP contribution is 2.19. The van der Waals surface area contributed by atoms with E-state index in [0.717, 1.165) is 18.7 Å². The molecule has 0 amide bonds. The van der Waals surface area contributed by atoms with Crippen LogP contribution in [0, 0.1) is 0 Å². The van der Waals surface area contributed by atoms with Crippen LogP contribution in [0.25, 0.3) is 0 Å². The van der Waals surface area contributed by atoms with Crippen LogP contribution in [0.4, 0.5) is 0 Å². The molecule has 4 heteroatoms. The lowest BCUT2D eigenvalue weighted by atomic mass is 9.98. The van der Waals surface area contributed by atoms with Crippen LogP contribution in [-0.4, -0.2) is 41.1 Å². The monoisotopic (exact) mass is 290 g/mol. The van der Waals surface area contributed by atoms with E-state index < -0.39 is 5.97 Å². The molecule has 0 saturated carbocycles. The van der Waals surface area contributed by atoms with Crippen molar-refractivity contribution < 1.29 is 9.90 Å². The lowest BCUT2D eigenvalue weighted by molar-refractivity contribution is 0.0697. The zero-order valence-corrected chi connectivity index (χ0v) is 13.1. The predicted molar refractivity (Wildman–Crippen MR) is 84.6 cm³/mol. The van der Waals surface area contributed by atoms with Gasteiger partial charge in [0.25, 0.3) is 0 Å². The maximum Gasteiger partial charge on any atom is 0.335 e. The molecule has 2 rings (SSSR count). The number of likely N-dealkylation sites (tertiary alicyclic amines) is 1.